The summed E-state index contributed by atoms with van der Waals surface area (Å²) in [6.07, 6.45) is 0.733. The van der Waals surface area contributed by atoms with Crippen LogP contribution in [0.3, 0.4) is 0 Å². The van der Waals surface area contributed by atoms with E-state index in [0.717, 1.165) is 6.42 Å². The van der Waals surface area contributed by atoms with Crippen molar-refractivity contribution >= 4 is 28.3 Å². The van der Waals surface area contributed by atoms with Crippen LogP contribution in [0.15, 0.2) is 22.3 Å². The number of carbonyl (C=O) groups excluding carboxylic acids is 2. The number of nitrogens with zero attached hydrogens (tertiary/aromatic N) is 4. The molecule has 0 N–H and O–H groups in total. The van der Waals surface area contributed by atoms with E-state index in [9.17, 15) is 14.4 Å². The Morgan fingerprint density at radius 2 is 2.08 bits per heavy atom. The van der Waals surface area contributed by atoms with Crippen molar-refractivity contribution in [3.8, 4) is 0 Å². The van der Waals surface area contributed by atoms with Crippen molar-refractivity contribution in [3.05, 3.63) is 39.3 Å². The van der Waals surface area contributed by atoms with E-state index in [2.05, 4.69) is 10.1 Å². The molecule has 8 nitrogen and oxygen atoms in total. The summed E-state index contributed by atoms with van der Waals surface area (Å²) >= 11 is 1.31. The minimum absolute atomic E-state index is 0.0284. The van der Waals surface area contributed by atoms with Crippen LogP contribution in [0.2, 0.25) is 0 Å². The molecular weight excluding hydrogens is 344 g/mol. The van der Waals surface area contributed by atoms with Gasteiger partial charge < -0.3 is 4.74 Å². The molecule has 0 unspecified atom stereocenters. The number of ether oxygens (including phenoxy) is 1. The fraction of sp³-hybridized carbons (Fsp3) is 0.438. The summed E-state index contributed by atoms with van der Waals surface area (Å²) in [6.45, 7) is 6.18. The molecule has 25 heavy (non-hydrogen) atoms. The van der Waals surface area contributed by atoms with Crippen LogP contribution in [0, 0.1) is 0 Å². The number of aromatic nitrogens is 3. The predicted molar refractivity (Wildman–Crippen MR) is 93.7 cm³/mol. The van der Waals surface area contributed by atoms with E-state index in [0.29, 0.717) is 23.9 Å². The van der Waals surface area contributed by atoms with Crippen molar-refractivity contribution in [2.24, 2.45) is 0 Å². The van der Waals surface area contributed by atoms with Crippen LogP contribution in [-0.2, 0) is 22.7 Å². The zero-order valence-corrected chi connectivity index (χ0v) is 15.2. The summed E-state index contributed by atoms with van der Waals surface area (Å²) in [6, 6.07) is 2.64. The third kappa shape index (κ3) is 4.72. The Bertz CT molecular complexity index is 814. The number of rotatable bonds is 7. The smallest absolute Gasteiger partial charge is 0.359 e. The summed E-state index contributed by atoms with van der Waals surface area (Å²) in [4.78, 5) is 41.1. The maximum absolute atomic E-state index is 12.1. The van der Waals surface area contributed by atoms with Gasteiger partial charge in [-0.05, 0) is 19.4 Å². The predicted octanol–water partition coefficient (Wildman–Crippen LogP) is 1.84. The molecule has 2 aromatic rings. The highest BCUT2D eigenvalue weighted by molar-refractivity contribution is 7.14. The standard InChI is InChI=1S/C16H20N4O4S/c1-4-8-20-14(22)7-6-13(18-20)15(23)24-9-12-10-25-16(17-12)19(5-2)11(3)21/h6-7,10H,4-5,8-9H2,1-3H3. The van der Waals surface area contributed by atoms with Gasteiger partial charge in [-0.15, -0.1) is 11.3 Å². The Morgan fingerprint density at radius 3 is 2.72 bits per heavy atom. The van der Waals surface area contributed by atoms with Crippen molar-refractivity contribution in [3.63, 3.8) is 0 Å². The molecule has 0 fully saturated rings. The third-order valence-electron chi connectivity index (χ3n) is 3.33. The Labute approximate surface area is 149 Å². The molecule has 134 valence electrons. The maximum atomic E-state index is 12.1. The van der Waals surface area contributed by atoms with Gasteiger partial charge in [0.25, 0.3) is 5.56 Å². The number of anilines is 1. The highest BCUT2D eigenvalue weighted by atomic mass is 32.1. The van der Waals surface area contributed by atoms with Gasteiger partial charge in [0.1, 0.15) is 6.61 Å². The van der Waals surface area contributed by atoms with Crippen molar-refractivity contribution in [2.75, 3.05) is 11.4 Å². The van der Waals surface area contributed by atoms with Crippen molar-refractivity contribution in [2.45, 2.75) is 40.3 Å². The number of esters is 1. The van der Waals surface area contributed by atoms with Crippen molar-refractivity contribution < 1.29 is 14.3 Å². The van der Waals surface area contributed by atoms with Gasteiger partial charge in [0.05, 0.1) is 5.69 Å². The Morgan fingerprint density at radius 1 is 1.32 bits per heavy atom. The second-order valence-electron chi connectivity index (χ2n) is 5.24. The van der Waals surface area contributed by atoms with E-state index in [1.807, 2.05) is 13.8 Å². The summed E-state index contributed by atoms with van der Waals surface area (Å²) in [7, 11) is 0. The van der Waals surface area contributed by atoms with E-state index < -0.39 is 5.97 Å². The molecule has 9 heteroatoms. The van der Waals surface area contributed by atoms with Crippen LogP contribution in [0.1, 0.15) is 43.4 Å². The molecule has 0 atom stereocenters. The molecule has 1 amide bonds. The lowest BCUT2D eigenvalue weighted by atomic mass is 10.4. The first-order valence-corrected chi connectivity index (χ1v) is 8.82. The molecule has 0 spiro atoms. The molecule has 0 saturated heterocycles. The van der Waals surface area contributed by atoms with E-state index in [-0.39, 0.29) is 23.8 Å². The summed E-state index contributed by atoms with van der Waals surface area (Å²) in [5, 5.41) is 6.30. The SMILES string of the molecule is CCCn1nc(C(=O)OCc2csc(N(CC)C(C)=O)n2)ccc1=O. The number of hydrogen-bond acceptors (Lipinski definition) is 7. The van der Waals surface area contributed by atoms with Crippen LogP contribution in [-0.4, -0.2) is 33.2 Å². The van der Waals surface area contributed by atoms with E-state index in [1.54, 1.807) is 5.38 Å². The van der Waals surface area contributed by atoms with Gasteiger partial charge in [0.15, 0.2) is 10.8 Å². The fourth-order valence-corrected chi connectivity index (χ4v) is 3.04. The second-order valence-corrected chi connectivity index (χ2v) is 6.08. The quantitative estimate of drug-likeness (QED) is 0.696. The lowest BCUT2D eigenvalue weighted by Crippen LogP contribution is -2.27. The summed E-state index contributed by atoms with van der Waals surface area (Å²) < 4.78 is 6.44. The van der Waals surface area contributed by atoms with Crippen LogP contribution in [0.4, 0.5) is 5.13 Å². The molecular formula is C16H20N4O4S. The lowest BCUT2D eigenvalue weighted by Gasteiger charge is -2.14. The van der Waals surface area contributed by atoms with Crippen LogP contribution in [0.25, 0.3) is 0 Å². The average Bonchev–Trinajstić information content (AvgIpc) is 3.03. The van der Waals surface area contributed by atoms with Gasteiger partial charge in [-0.3, -0.25) is 14.5 Å². The first-order valence-electron chi connectivity index (χ1n) is 7.94. The Hall–Kier alpha value is -2.55. The van der Waals surface area contributed by atoms with E-state index in [1.165, 1.54) is 40.0 Å². The number of thiazole rings is 1. The van der Waals surface area contributed by atoms with Gasteiger partial charge >= 0.3 is 5.97 Å². The molecule has 0 bridgehead atoms. The molecule has 2 rings (SSSR count). The van der Waals surface area contributed by atoms with Gasteiger partial charge in [-0.25, -0.2) is 14.5 Å². The first kappa shape index (κ1) is 18.8. The third-order valence-corrected chi connectivity index (χ3v) is 4.24. The van der Waals surface area contributed by atoms with Gasteiger partial charge in [-0.1, -0.05) is 6.92 Å². The van der Waals surface area contributed by atoms with Crippen molar-refractivity contribution in [1.29, 1.82) is 0 Å². The molecule has 2 heterocycles. The number of amides is 1. The van der Waals surface area contributed by atoms with E-state index in [4.69, 9.17) is 4.74 Å². The minimum atomic E-state index is -0.627. The van der Waals surface area contributed by atoms with Gasteiger partial charge in [0.2, 0.25) is 5.91 Å². The Balaban J connectivity index is 2.03. The molecule has 0 aliphatic heterocycles. The van der Waals surface area contributed by atoms with Crippen LogP contribution >= 0.6 is 11.3 Å². The van der Waals surface area contributed by atoms with Crippen molar-refractivity contribution in [1.82, 2.24) is 14.8 Å². The highest BCUT2D eigenvalue weighted by Crippen LogP contribution is 2.21. The maximum Gasteiger partial charge on any atom is 0.359 e. The number of aryl methyl sites for hydroxylation is 1. The number of hydrogen-bond donors (Lipinski definition) is 0. The zero-order chi connectivity index (χ0) is 18.4. The van der Waals surface area contributed by atoms with Crippen LogP contribution in [0.5, 0.6) is 0 Å². The molecule has 0 saturated carbocycles. The van der Waals surface area contributed by atoms with Gasteiger partial charge in [0, 0.05) is 31.5 Å². The zero-order valence-electron chi connectivity index (χ0n) is 14.4. The molecule has 0 aliphatic rings. The molecule has 0 aliphatic carbocycles. The first-order chi connectivity index (χ1) is 12.0. The fourth-order valence-electron chi connectivity index (χ4n) is 2.12. The number of carbonyl (C=O) groups is 2. The van der Waals surface area contributed by atoms with Gasteiger partial charge in [-0.2, -0.15) is 5.10 Å². The molecule has 0 aromatic carbocycles. The highest BCUT2D eigenvalue weighted by Gasteiger charge is 2.15. The largest absolute Gasteiger partial charge is 0.454 e. The van der Waals surface area contributed by atoms with E-state index >= 15 is 0 Å². The Kier molecular flexibility index (Phi) is 6.40. The normalized spacial score (nSPS) is 10.5. The average molecular weight is 364 g/mol. The molecule has 2 aromatic heterocycles. The lowest BCUT2D eigenvalue weighted by molar-refractivity contribution is -0.116. The summed E-state index contributed by atoms with van der Waals surface area (Å²) in [5.74, 6) is -0.721. The second kappa shape index (κ2) is 8.52. The molecule has 0 radical (unpaired) electrons. The monoisotopic (exact) mass is 364 g/mol. The van der Waals surface area contributed by atoms with Crippen LogP contribution < -0.4 is 10.5 Å². The summed E-state index contributed by atoms with van der Waals surface area (Å²) in [5.41, 5.74) is 0.365. The topological polar surface area (TPSA) is 94.4 Å². The minimum Gasteiger partial charge on any atom is -0.454 e.